The molecule has 1 aromatic carbocycles. The van der Waals surface area contributed by atoms with Gasteiger partial charge in [-0.15, -0.1) is 0 Å². The van der Waals surface area contributed by atoms with E-state index in [4.69, 9.17) is 10.2 Å². The summed E-state index contributed by atoms with van der Waals surface area (Å²) in [6.07, 6.45) is 3.63. The normalized spacial score (nSPS) is 13.5. The lowest BCUT2D eigenvalue weighted by Crippen LogP contribution is -2.37. The Labute approximate surface area is 123 Å². The fourth-order valence-corrected chi connectivity index (χ4v) is 3.27. The van der Waals surface area contributed by atoms with Gasteiger partial charge in [0.05, 0.1) is 16.8 Å². The molecular weight excluding hydrogens is 302 g/mol. The zero-order valence-corrected chi connectivity index (χ0v) is 13.0. The molecule has 1 aromatic heterocycles. The van der Waals surface area contributed by atoms with Crippen LogP contribution in [-0.4, -0.2) is 0 Å². The zero-order chi connectivity index (χ0) is 13.9. The van der Waals surface area contributed by atoms with Crippen LogP contribution in [0.1, 0.15) is 44.1 Å². The fourth-order valence-electron chi connectivity index (χ4n) is 2.83. The monoisotopic (exact) mass is 321 g/mol. The fraction of sp³-hybridized carbons (Fsp3) is 0.375. The van der Waals surface area contributed by atoms with Gasteiger partial charge in [-0.2, -0.15) is 0 Å². The maximum Gasteiger partial charge on any atom is 0.135 e. The van der Waals surface area contributed by atoms with Crippen molar-refractivity contribution in [3.8, 4) is 0 Å². The molecule has 0 radical (unpaired) electrons. The molecule has 2 rings (SSSR count). The van der Waals surface area contributed by atoms with Crippen LogP contribution in [0.25, 0.3) is 0 Å². The van der Waals surface area contributed by atoms with Gasteiger partial charge in [-0.3, -0.25) is 0 Å². The maximum atomic E-state index is 6.55. The van der Waals surface area contributed by atoms with Crippen molar-refractivity contribution in [2.24, 2.45) is 5.73 Å². The number of nitrogens with two attached hydrogens (primary N) is 1. The quantitative estimate of drug-likeness (QED) is 0.859. The molecule has 0 saturated heterocycles. The highest BCUT2D eigenvalue weighted by Crippen LogP contribution is 2.43. The van der Waals surface area contributed by atoms with E-state index in [2.05, 4.69) is 54.0 Å². The van der Waals surface area contributed by atoms with Gasteiger partial charge in [-0.25, -0.2) is 0 Å². The maximum absolute atomic E-state index is 6.55. The molecule has 0 aliphatic heterocycles. The summed E-state index contributed by atoms with van der Waals surface area (Å²) >= 11 is 3.52. The SMILES string of the molecule is CCC(CC)(c1ccccc1)C(N)c1occc1Br. The zero-order valence-electron chi connectivity index (χ0n) is 11.4. The second-order valence-electron chi connectivity index (χ2n) is 4.84. The smallest absolute Gasteiger partial charge is 0.135 e. The van der Waals surface area contributed by atoms with E-state index in [1.54, 1.807) is 6.26 Å². The second kappa shape index (κ2) is 5.93. The highest BCUT2D eigenvalue weighted by Gasteiger charge is 2.38. The van der Waals surface area contributed by atoms with Crippen molar-refractivity contribution in [1.82, 2.24) is 0 Å². The largest absolute Gasteiger partial charge is 0.466 e. The predicted molar refractivity (Wildman–Crippen MR) is 82.0 cm³/mol. The van der Waals surface area contributed by atoms with E-state index in [0.29, 0.717) is 0 Å². The molecule has 1 atom stereocenters. The van der Waals surface area contributed by atoms with Crippen LogP contribution in [-0.2, 0) is 5.41 Å². The standard InChI is InChI=1S/C16H20BrNO/c1-3-16(4-2,12-8-6-5-7-9-12)15(18)14-13(17)10-11-19-14/h5-11,15H,3-4,18H2,1-2H3. The molecule has 0 spiro atoms. The van der Waals surface area contributed by atoms with Crippen molar-refractivity contribution in [2.75, 3.05) is 0 Å². The van der Waals surface area contributed by atoms with Crippen molar-refractivity contribution >= 4 is 15.9 Å². The lowest BCUT2D eigenvalue weighted by molar-refractivity contribution is 0.284. The van der Waals surface area contributed by atoms with Crippen molar-refractivity contribution in [1.29, 1.82) is 0 Å². The van der Waals surface area contributed by atoms with Crippen molar-refractivity contribution in [3.05, 3.63) is 58.5 Å². The predicted octanol–water partition coefficient (Wildman–Crippen LogP) is 4.80. The Balaban J connectivity index is 2.48. The third-order valence-corrected chi connectivity index (χ3v) is 4.79. The average molecular weight is 322 g/mol. The van der Waals surface area contributed by atoms with Crippen LogP contribution in [0.2, 0.25) is 0 Å². The average Bonchev–Trinajstić information content (AvgIpc) is 2.88. The van der Waals surface area contributed by atoms with Gasteiger partial charge in [-0.1, -0.05) is 44.2 Å². The molecule has 0 aliphatic carbocycles. The van der Waals surface area contributed by atoms with Gasteiger partial charge in [0.2, 0.25) is 0 Å². The van der Waals surface area contributed by atoms with Crippen molar-refractivity contribution < 1.29 is 4.42 Å². The van der Waals surface area contributed by atoms with Crippen LogP contribution >= 0.6 is 15.9 Å². The summed E-state index contributed by atoms with van der Waals surface area (Å²) in [5.74, 6) is 0.826. The number of hydrogen-bond donors (Lipinski definition) is 1. The van der Waals surface area contributed by atoms with Crippen LogP contribution < -0.4 is 5.73 Å². The van der Waals surface area contributed by atoms with E-state index >= 15 is 0 Å². The first-order valence-corrected chi connectivity index (χ1v) is 7.49. The molecular formula is C16H20BrNO. The summed E-state index contributed by atoms with van der Waals surface area (Å²) in [4.78, 5) is 0. The van der Waals surface area contributed by atoms with Gasteiger partial charge in [0.25, 0.3) is 0 Å². The molecule has 1 heterocycles. The molecule has 0 amide bonds. The molecule has 1 unspecified atom stereocenters. The number of benzene rings is 1. The van der Waals surface area contributed by atoms with Crippen LogP contribution in [0, 0.1) is 0 Å². The number of hydrogen-bond acceptors (Lipinski definition) is 2. The minimum atomic E-state index is -0.158. The first-order valence-electron chi connectivity index (χ1n) is 6.69. The topological polar surface area (TPSA) is 39.2 Å². The van der Waals surface area contributed by atoms with E-state index in [1.165, 1.54) is 5.56 Å². The third-order valence-electron chi connectivity index (χ3n) is 4.13. The second-order valence-corrected chi connectivity index (χ2v) is 5.69. The van der Waals surface area contributed by atoms with Crippen LogP contribution in [0.4, 0.5) is 0 Å². The van der Waals surface area contributed by atoms with Gasteiger partial charge in [0.15, 0.2) is 0 Å². The summed E-state index contributed by atoms with van der Waals surface area (Å²) in [6.45, 7) is 4.38. The van der Waals surface area contributed by atoms with Crippen LogP contribution in [0.3, 0.4) is 0 Å². The Hall–Kier alpha value is -1.06. The Bertz CT molecular complexity index is 517. The molecule has 2 aromatic rings. The molecule has 3 heteroatoms. The van der Waals surface area contributed by atoms with E-state index in [1.807, 2.05) is 12.1 Å². The van der Waals surface area contributed by atoms with Crippen LogP contribution in [0.5, 0.6) is 0 Å². The highest BCUT2D eigenvalue weighted by atomic mass is 79.9. The van der Waals surface area contributed by atoms with E-state index < -0.39 is 0 Å². The third kappa shape index (κ3) is 2.49. The molecule has 0 bridgehead atoms. The summed E-state index contributed by atoms with van der Waals surface area (Å²) in [5, 5.41) is 0. The Morgan fingerprint density at radius 2 is 1.79 bits per heavy atom. The lowest BCUT2D eigenvalue weighted by atomic mass is 9.69. The van der Waals surface area contributed by atoms with Gasteiger partial charge in [0, 0.05) is 5.41 Å². The van der Waals surface area contributed by atoms with Gasteiger partial charge < -0.3 is 10.2 Å². The Kier molecular flexibility index (Phi) is 4.48. The first kappa shape index (κ1) is 14.4. The summed E-state index contributed by atoms with van der Waals surface area (Å²) in [6, 6.07) is 12.2. The van der Waals surface area contributed by atoms with Crippen molar-refractivity contribution in [2.45, 2.75) is 38.1 Å². The summed E-state index contributed by atoms with van der Waals surface area (Å²) < 4.78 is 6.53. The van der Waals surface area contributed by atoms with E-state index in [9.17, 15) is 0 Å². The Morgan fingerprint density at radius 1 is 1.16 bits per heavy atom. The molecule has 0 aliphatic rings. The molecule has 19 heavy (non-hydrogen) atoms. The van der Waals surface area contributed by atoms with Gasteiger partial charge in [0.1, 0.15) is 5.76 Å². The number of furan rings is 1. The number of halogens is 1. The minimum absolute atomic E-state index is 0.0956. The molecule has 0 fully saturated rings. The molecule has 102 valence electrons. The van der Waals surface area contributed by atoms with Crippen LogP contribution in [0.15, 0.2) is 51.6 Å². The molecule has 2 nitrogen and oxygen atoms in total. The summed E-state index contributed by atoms with van der Waals surface area (Å²) in [5.41, 5.74) is 7.73. The summed E-state index contributed by atoms with van der Waals surface area (Å²) in [7, 11) is 0. The first-order chi connectivity index (χ1) is 9.15. The lowest BCUT2D eigenvalue weighted by Gasteiger charge is -2.37. The van der Waals surface area contributed by atoms with Gasteiger partial charge in [-0.05, 0) is 40.4 Å². The minimum Gasteiger partial charge on any atom is -0.466 e. The van der Waals surface area contributed by atoms with Crippen molar-refractivity contribution in [3.63, 3.8) is 0 Å². The Morgan fingerprint density at radius 3 is 2.26 bits per heavy atom. The number of rotatable bonds is 5. The van der Waals surface area contributed by atoms with E-state index in [0.717, 1.165) is 23.1 Å². The molecule has 2 N–H and O–H groups in total. The van der Waals surface area contributed by atoms with E-state index in [-0.39, 0.29) is 11.5 Å². The van der Waals surface area contributed by atoms with Gasteiger partial charge >= 0.3 is 0 Å². The highest BCUT2D eigenvalue weighted by molar-refractivity contribution is 9.10. The molecule has 0 saturated carbocycles.